The smallest absolute Gasteiger partial charge is 0.395 e. The Morgan fingerprint density at radius 1 is 1.32 bits per heavy atom. The van der Waals surface area contributed by atoms with Crippen LogP contribution in [0.15, 0.2) is 23.0 Å². The minimum Gasteiger partial charge on any atom is -0.488 e. The molecule has 22 heavy (non-hydrogen) atoms. The van der Waals surface area contributed by atoms with Crippen LogP contribution in [0.3, 0.4) is 0 Å². The van der Waals surface area contributed by atoms with Gasteiger partial charge in [-0.25, -0.2) is 0 Å². The Bertz CT molecular complexity index is 842. The van der Waals surface area contributed by atoms with E-state index in [1.54, 1.807) is 24.3 Å². The second kappa shape index (κ2) is 5.20. The lowest BCUT2D eigenvalue weighted by atomic mass is 10.2. The third-order valence-electron chi connectivity index (χ3n) is 2.91. The molecule has 0 atom stereocenters. The third kappa shape index (κ3) is 2.46. The molecular formula is C13H9N3O6. The second-order valence-electron chi connectivity index (χ2n) is 4.33. The molecule has 2 heterocycles. The third-order valence-corrected chi connectivity index (χ3v) is 2.91. The summed E-state index contributed by atoms with van der Waals surface area (Å²) in [4.78, 5) is 26.9. The Kier molecular flexibility index (Phi) is 3.22. The Morgan fingerprint density at radius 3 is 2.82 bits per heavy atom. The number of ether oxygens (including phenoxy) is 2. The van der Waals surface area contributed by atoms with E-state index in [1.807, 2.05) is 0 Å². The Labute approximate surface area is 122 Å². The zero-order chi connectivity index (χ0) is 15.7. The first-order chi connectivity index (χ1) is 10.5. The molecule has 112 valence electrons. The van der Waals surface area contributed by atoms with Crippen LogP contribution in [0.4, 0.5) is 5.69 Å². The number of nitro groups is 1. The van der Waals surface area contributed by atoms with E-state index in [4.69, 9.17) is 9.47 Å². The van der Waals surface area contributed by atoms with Crippen molar-refractivity contribution >= 4 is 17.8 Å². The lowest BCUT2D eigenvalue weighted by Crippen LogP contribution is -2.14. The van der Waals surface area contributed by atoms with Crippen molar-refractivity contribution in [2.24, 2.45) is 0 Å². The van der Waals surface area contributed by atoms with Crippen molar-refractivity contribution in [1.82, 2.24) is 9.97 Å². The lowest BCUT2D eigenvalue weighted by molar-refractivity contribution is -0.387. The van der Waals surface area contributed by atoms with Gasteiger partial charge in [0.05, 0.1) is 4.92 Å². The van der Waals surface area contributed by atoms with Gasteiger partial charge in [0.15, 0.2) is 11.5 Å². The van der Waals surface area contributed by atoms with E-state index in [9.17, 15) is 20.0 Å². The molecule has 0 spiro atoms. The van der Waals surface area contributed by atoms with Gasteiger partial charge in [0.25, 0.3) is 5.88 Å². The summed E-state index contributed by atoms with van der Waals surface area (Å²) in [6.07, 6.45) is 3.01. The normalized spacial score (nSPS) is 12.7. The van der Waals surface area contributed by atoms with Crippen LogP contribution in [-0.4, -0.2) is 26.8 Å². The molecule has 9 heteroatoms. The number of aromatic hydroxyl groups is 1. The van der Waals surface area contributed by atoms with Crippen molar-refractivity contribution in [2.75, 3.05) is 6.79 Å². The summed E-state index contributed by atoms with van der Waals surface area (Å²) >= 11 is 0. The van der Waals surface area contributed by atoms with Crippen LogP contribution >= 0.6 is 0 Å². The first-order valence-electron chi connectivity index (χ1n) is 6.10. The molecule has 0 amide bonds. The van der Waals surface area contributed by atoms with E-state index in [2.05, 4.69) is 9.97 Å². The molecule has 0 aliphatic carbocycles. The van der Waals surface area contributed by atoms with E-state index >= 15 is 0 Å². The van der Waals surface area contributed by atoms with E-state index in [1.165, 1.54) is 6.08 Å². The minimum absolute atomic E-state index is 0.00855. The summed E-state index contributed by atoms with van der Waals surface area (Å²) in [6, 6.07) is 5.21. The van der Waals surface area contributed by atoms with Gasteiger partial charge in [-0.1, -0.05) is 12.1 Å². The molecule has 0 fully saturated rings. The molecular weight excluding hydrogens is 294 g/mol. The monoisotopic (exact) mass is 303 g/mol. The predicted molar refractivity (Wildman–Crippen MR) is 74.7 cm³/mol. The number of hydrogen-bond donors (Lipinski definition) is 2. The molecule has 3 rings (SSSR count). The summed E-state index contributed by atoms with van der Waals surface area (Å²) in [6.45, 7) is 0.160. The van der Waals surface area contributed by atoms with Gasteiger partial charge in [-0.3, -0.25) is 14.9 Å². The largest absolute Gasteiger partial charge is 0.488 e. The Hall–Kier alpha value is -3.36. The Balaban J connectivity index is 1.90. The van der Waals surface area contributed by atoms with Crippen LogP contribution < -0.4 is 15.0 Å². The van der Waals surface area contributed by atoms with Crippen LogP contribution in [0, 0.1) is 10.1 Å². The Morgan fingerprint density at radius 2 is 2.09 bits per heavy atom. The highest BCUT2D eigenvalue weighted by Crippen LogP contribution is 2.32. The van der Waals surface area contributed by atoms with E-state index in [0.717, 1.165) is 5.56 Å². The summed E-state index contributed by atoms with van der Waals surface area (Å²) in [5.74, 6) is 0.289. The molecule has 2 aromatic rings. The SMILES string of the molecule is O=c1[nH]c(C=Cc2ccc3c(c2)OCO3)nc(O)c1[N+](=O)[O-]. The van der Waals surface area contributed by atoms with Gasteiger partial charge in [0, 0.05) is 0 Å². The first kappa shape index (κ1) is 13.6. The van der Waals surface area contributed by atoms with Crippen LogP contribution in [0.25, 0.3) is 12.2 Å². The summed E-state index contributed by atoms with van der Waals surface area (Å²) < 4.78 is 10.4. The molecule has 9 nitrogen and oxygen atoms in total. The van der Waals surface area contributed by atoms with E-state index < -0.39 is 22.0 Å². The molecule has 0 bridgehead atoms. The van der Waals surface area contributed by atoms with Crippen LogP contribution in [0.2, 0.25) is 0 Å². The number of rotatable bonds is 3. The molecule has 2 N–H and O–H groups in total. The van der Waals surface area contributed by atoms with Crippen molar-refractivity contribution in [3.05, 3.63) is 50.1 Å². The van der Waals surface area contributed by atoms with E-state index in [0.29, 0.717) is 11.5 Å². The van der Waals surface area contributed by atoms with Crippen LogP contribution in [-0.2, 0) is 0 Å². The van der Waals surface area contributed by atoms with Gasteiger partial charge in [-0.15, -0.1) is 0 Å². The molecule has 1 aromatic carbocycles. The van der Waals surface area contributed by atoms with Gasteiger partial charge in [0.2, 0.25) is 6.79 Å². The fourth-order valence-electron chi connectivity index (χ4n) is 1.91. The van der Waals surface area contributed by atoms with Crippen LogP contribution in [0.5, 0.6) is 17.4 Å². The molecule has 1 aliphatic heterocycles. The maximum Gasteiger partial charge on any atom is 0.395 e. The molecule has 1 aliphatic rings. The summed E-state index contributed by atoms with van der Waals surface area (Å²) in [7, 11) is 0. The number of aromatic amines is 1. The maximum absolute atomic E-state index is 11.5. The second-order valence-corrected chi connectivity index (χ2v) is 4.33. The van der Waals surface area contributed by atoms with Crippen molar-refractivity contribution in [2.45, 2.75) is 0 Å². The van der Waals surface area contributed by atoms with Gasteiger partial charge in [-0.2, -0.15) is 4.98 Å². The highest BCUT2D eigenvalue weighted by Gasteiger charge is 2.21. The fourth-order valence-corrected chi connectivity index (χ4v) is 1.91. The average Bonchev–Trinajstić information content (AvgIpc) is 2.91. The van der Waals surface area contributed by atoms with Crippen molar-refractivity contribution < 1.29 is 19.5 Å². The fraction of sp³-hybridized carbons (Fsp3) is 0.0769. The number of aromatic nitrogens is 2. The number of hydrogen-bond acceptors (Lipinski definition) is 7. The number of fused-ring (bicyclic) bond motifs is 1. The molecule has 1 aromatic heterocycles. The molecule has 0 unspecified atom stereocenters. The highest BCUT2D eigenvalue weighted by molar-refractivity contribution is 5.69. The van der Waals surface area contributed by atoms with Gasteiger partial charge >= 0.3 is 11.2 Å². The topological polar surface area (TPSA) is 128 Å². The van der Waals surface area contributed by atoms with Gasteiger partial charge < -0.3 is 19.6 Å². The van der Waals surface area contributed by atoms with Crippen molar-refractivity contribution in [3.8, 4) is 17.4 Å². The summed E-state index contributed by atoms with van der Waals surface area (Å²) in [5.41, 5.74) is -1.27. The zero-order valence-corrected chi connectivity index (χ0v) is 11.0. The summed E-state index contributed by atoms with van der Waals surface area (Å²) in [5, 5.41) is 20.0. The standard InChI is InChI=1S/C13H9N3O6/c17-12-11(16(19)20)13(18)15-10(14-12)4-2-7-1-3-8-9(5-7)22-6-21-8/h1-5H,6H2,(H2,14,15,17,18). The molecule has 0 radical (unpaired) electrons. The van der Waals surface area contributed by atoms with Crippen molar-refractivity contribution in [3.63, 3.8) is 0 Å². The van der Waals surface area contributed by atoms with E-state index in [-0.39, 0.29) is 12.6 Å². The highest BCUT2D eigenvalue weighted by atomic mass is 16.7. The maximum atomic E-state index is 11.5. The lowest BCUT2D eigenvalue weighted by Gasteiger charge is -1.98. The quantitative estimate of drug-likeness (QED) is 0.645. The number of nitrogens with zero attached hydrogens (tertiary/aromatic N) is 2. The predicted octanol–water partition coefficient (Wildman–Crippen LogP) is 1.28. The van der Waals surface area contributed by atoms with Crippen molar-refractivity contribution in [1.29, 1.82) is 0 Å². The molecule has 0 saturated carbocycles. The van der Waals surface area contributed by atoms with Gasteiger partial charge in [-0.05, 0) is 23.8 Å². The number of benzene rings is 1. The van der Waals surface area contributed by atoms with Gasteiger partial charge in [0.1, 0.15) is 5.82 Å². The first-order valence-corrected chi connectivity index (χ1v) is 6.10. The average molecular weight is 303 g/mol. The zero-order valence-electron chi connectivity index (χ0n) is 11.0. The molecule has 0 saturated heterocycles. The van der Waals surface area contributed by atoms with Crippen LogP contribution in [0.1, 0.15) is 11.4 Å². The minimum atomic E-state index is -1.03. The number of H-pyrrole nitrogens is 1. The number of nitrogens with one attached hydrogen (secondary N) is 1.